The molecular formula is C13H10BrCl2N. The van der Waals surface area contributed by atoms with Crippen LogP contribution in [0, 0.1) is 0 Å². The molecule has 17 heavy (non-hydrogen) atoms. The van der Waals surface area contributed by atoms with E-state index >= 15 is 0 Å². The van der Waals surface area contributed by atoms with Crippen molar-refractivity contribution in [1.82, 2.24) is 4.98 Å². The summed E-state index contributed by atoms with van der Waals surface area (Å²) in [4.78, 5) is 4.19. The molecule has 4 heteroatoms. The number of alkyl halides is 1. The van der Waals surface area contributed by atoms with Gasteiger partial charge in [0.05, 0.1) is 0 Å². The number of aromatic nitrogens is 1. The quantitative estimate of drug-likeness (QED) is 0.716. The number of pyridine rings is 1. The maximum Gasteiger partial charge on any atom is 0.0436 e. The fourth-order valence-electron chi connectivity index (χ4n) is 1.60. The van der Waals surface area contributed by atoms with E-state index < -0.39 is 0 Å². The topological polar surface area (TPSA) is 12.9 Å². The first kappa shape index (κ1) is 12.9. The van der Waals surface area contributed by atoms with Crippen LogP contribution in [-0.2, 0) is 6.42 Å². The monoisotopic (exact) mass is 329 g/mol. The summed E-state index contributed by atoms with van der Waals surface area (Å²) in [5, 5.41) is 1.32. The molecule has 0 radical (unpaired) electrons. The number of hydrogen-bond donors (Lipinski definition) is 0. The molecule has 1 heterocycles. The van der Waals surface area contributed by atoms with Gasteiger partial charge in [-0.05, 0) is 47.9 Å². The maximum atomic E-state index is 5.98. The molecule has 1 aromatic heterocycles. The number of hydrogen-bond acceptors (Lipinski definition) is 1. The lowest BCUT2D eigenvalue weighted by atomic mass is 10.1. The number of halogens is 3. The molecule has 0 aliphatic heterocycles. The van der Waals surface area contributed by atoms with Crippen molar-refractivity contribution in [2.24, 2.45) is 0 Å². The second kappa shape index (κ2) is 5.85. The largest absolute Gasteiger partial charge is 0.265 e. The Kier molecular flexibility index (Phi) is 4.43. The van der Waals surface area contributed by atoms with Gasteiger partial charge < -0.3 is 0 Å². The van der Waals surface area contributed by atoms with Crippen molar-refractivity contribution in [1.29, 1.82) is 0 Å². The van der Waals surface area contributed by atoms with E-state index in [4.69, 9.17) is 23.2 Å². The van der Waals surface area contributed by atoms with Gasteiger partial charge in [-0.2, -0.15) is 0 Å². The van der Waals surface area contributed by atoms with Gasteiger partial charge in [-0.3, -0.25) is 4.98 Å². The van der Waals surface area contributed by atoms with Crippen LogP contribution in [-0.4, -0.2) is 4.98 Å². The lowest BCUT2D eigenvalue weighted by Gasteiger charge is -2.11. The van der Waals surface area contributed by atoms with Gasteiger partial charge in [-0.25, -0.2) is 0 Å². The van der Waals surface area contributed by atoms with E-state index in [1.54, 1.807) is 18.5 Å². The Hall–Kier alpha value is -0.570. The fraction of sp³-hybridized carbons (Fsp3) is 0.154. The maximum absolute atomic E-state index is 5.98. The SMILES string of the molecule is Clc1cc(Cl)cc(C(Br)Cc2ccncc2)c1. The first-order valence-corrected chi connectivity index (χ1v) is 6.81. The summed E-state index contributed by atoms with van der Waals surface area (Å²) in [7, 11) is 0. The van der Waals surface area contributed by atoms with Gasteiger partial charge in [0.2, 0.25) is 0 Å². The summed E-state index contributed by atoms with van der Waals surface area (Å²) in [6.45, 7) is 0. The lowest BCUT2D eigenvalue weighted by Crippen LogP contribution is -1.95. The van der Waals surface area contributed by atoms with Gasteiger partial charge in [0.1, 0.15) is 0 Å². The van der Waals surface area contributed by atoms with Crippen LogP contribution < -0.4 is 0 Å². The molecule has 2 rings (SSSR count). The Bertz CT molecular complexity index is 482. The minimum Gasteiger partial charge on any atom is -0.265 e. The molecule has 1 unspecified atom stereocenters. The highest BCUT2D eigenvalue weighted by Crippen LogP contribution is 2.31. The highest BCUT2D eigenvalue weighted by Gasteiger charge is 2.10. The minimum atomic E-state index is 0.195. The zero-order chi connectivity index (χ0) is 12.3. The van der Waals surface area contributed by atoms with Crippen LogP contribution in [0.5, 0.6) is 0 Å². The van der Waals surface area contributed by atoms with E-state index in [9.17, 15) is 0 Å². The Morgan fingerprint density at radius 1 is 1.06 bits per heavy atom. The number of nitrogens with zero attached hydrogens (tertiary/aromatic N) is 1. The average molecular weight is 331 g/mol. The number of benzene rings is 1. The van der Waals surface area contributed by atoms with Crippen molar-refractivity contribution >= 4 is 39.1 Å². The van der Waals surface area contributed by atoms with Crippen molar-refractivity contribution < 1.29 is 0 Å². The Balaban J connectivity index is 2.17. The van der Waals surface area contributed by atoms with E-state index in [0.29, 0.717) is 10.0 Å². The summed E-state index contributed by atoms with van der Waals surface area (Å²) >= 11 is 15.6. The van der Waals surface area contributed by atoms with Crippen LogP contribution in [0.2, 0.25) is 10.0 Å². The van der Waals surface area contributed by atoms with Crippen molar-refractivity contribution in [3.63, 3.8) is 0 Å². The van der Waals surface area contributed by atoms with Gasteiger partial charge in [0, 0.05) is 27.3 Å². The standard InChI is InChI=1S/C13H10BrCl2N/c14-13(5-9-1-3-17-4-2-9)10-6-11(15)8-12(16)7-10/h1-4,6-8,13H,5H2. The molecule has 0 amide bonds. The van der Waals surface area contributed by atoms with Gasteiger partial charge in [-0.1, -0.05) is 39.1 Å². The fourth-order valence-corrected chi connectivity index (χ4v) is 2.78. The predicted molar refractivity (Wildman–Crippen MR) is 76.1 cm³/mol. The molecule has 1 atom stereocenters. The van der Waals surface area contributed by atoms with Crippen LogP contribution in [0.1, 0.15) is 16.0 Å². The molecule has 88 valence electrons. The third kappa shape index (κ3) is 3.70. The number of rotatable bonds is 3. The zero-order valence-corrected chi connectivity index (χ0v) is 12.0. The Morgan fingerprint density at radius 3 is 2.24 bits per heavy atom. The Labute approximate surface area is 119 Å². The molecule has 0 fully saturated rings. The van der Waals surface area contributed by atoms with Gasteiger partial charge in [0.25, 0.3) is 0 Å². The molecule has 0 bridgehead atoms. The molecule has 1 aromatic carbocycles. The second-order valence-corrected chi connectivity index (χ2v) is 5.71. The van der Waals surface area contributed by atoms with Crippen LogP contribution in [0.25, 0.3) is 0 Å². The van der Waals surface area contributed by atoms with Gasteiger partial charge in [0.15, 0.2) is 0 Å². The van der Waals surface area contributed by atoms with Crippen molar-refractivity contribution in [3.05, 3.63) is 63.9 Å². The average Bonchev–Trinajstić information content (AvgIpc) is 2.29. The second-order valence-electron chi connectivity index (χ2n) is 3.73. The minimum absolute atomic E-state index is 0.195. The van der Waals surface area contributed by atoms with Crippen molar-refractivity contribution in [2.45, 2.75) is 11.2 Å². The smallest absolute Gasteiger partial charge is 0.0436 e. The van der Waals surface area contributed by atoms with Gasteiger partial charge >= 0.3 is 0 Å². The van der Waals surface area contributed by atoms with E-state index in [1.807, 2.05) is 24.3 Å². The van der Waals surface area contributed by atoms with Crippen LogP contribution in [0.4, 0.5) is 0 Å². The summed E-state index contributed by atoms with van der Waals surface area (Å²) in [5.74, 6) is 0. The highest BCUT2D eigenvalue weighted by atomic mass is 79.9. The van der Waals surface area contributed by atoms with E-state index in [-0.39, 0.29) is 4.83 Å². The normalized spacial score (nSPS) is 12.4. The van der Waals surface area contributed by atoms with Gasteiger partial charge in [-0.15, -0.1) is 0 Å². The first-order valence-electron chi connectivity index (χ1n) is 5.14. The Morgan fingerprint density at radius 2 is 1.65 bits per heavy atom. The molecule has 0 aliphatic rings. The lowest BCUT2D eigenvalue weighted by molar-refractivity contribution is 0.944. The molecule has 0 N–H and O–H groups in total. The molecular weight excluding hydrogens is 321 g/mol. The summed E-state index contributed by atoms with van der Waals surface area (Å²) in [5.41, 5.74) is 2.30. The molecule has 0 aliphatic carbocycles. The molecule has 1 nitrogen and oxygen atoms in total. The third-order valence-corrected chi connectivity index (χ3v) is 3.70. The van der Waals surface area contributed by atoms with E-state index in [1.165, 1.54) is 5.56 Å². The zero-order valence-electron chi connectivity index (χ0n) is 8.91. The molecule has 0 spiro atoms. The van der Waals surface area contributed by atoms with Crippen molar-refractivity contribution in [3.8, 4) is 0 Å². The van der Waals surface area contributed by atoms with Crippen LogP contribution in [0.3, 0.4) is 0 Å². The summed E-state index contributed by atoms with van der Waals surface area (Å²) < 4.78 is 0. The highest BCUT2D eigenvalue weighted by molar-refractivity contribution is 9.09. The molecule has 0 saturated carbocycles. The van der Waals surface area contributed by atoms with Crippen LogP contribution in [0.15, 0.2) is 42.7 Å². The van der Waals surface area contributed by atoms with Crippen molar-refractivity contribution in [2.75, 3.05) is 0 Å². The van der Waals surface area contributed by atoms with Crippen LogP contribution >= 0.6 is 39.1 Å². The molecule has 0 saturated heterocycles. The summed E-state index contributed by atoms with van der Waals surface area (Å²) in [6.07, 6.45) is 4.46. The van der Waals surface area contributed by atoms with E-state index in [2.05, 4.69) is 20.9 Å². The molecule has 2 aromatic rings. The third-order valence-electron chi connectivity index (χ3n) is 2.41. The summed E-state index contributed by atoms with van der Waals surface area (Å²) in [6, 6.07) is 9.59. The predicted octanol–water partition coefficient (Wildman–Crippen LogP) is 5.07. The first-order chi connectivity index (χ1) is 8.15. The van der Waals surface area contributed by atoms with E-state index in [0.717, 1.165) is 12.0 Å².